The maximum absolute atomic E-state index is 12.2. The predicted molar refractivity (Wildman–Crippen MR) is 97.1 cm³/mol. The minimum atomic E-state index is -1.73. The third kappa shape index (κ3) is 14.1. The van der Waals surface area contributed by atoms with Gasteiger partial charge in [-0.25, -0.2) is 0 Å². The topological polar surface area (TPSA) is 44.8 Å². The van der Waals surface area contributed by atoms with Gasteiger partial charge in [-0.05, 0) is 30.2 Å². The van der Waals surface area contributed by atoms with Crippen molar-refractivity contribution in [2.24, 2.45) is 0 Å². The van der Waals surface area contributed by atoms with E-state index < -0.39 is 14.0 Å². The Morgan fingerprint density at radius 1 is 0.739 bits per heavy atom. The Balaban J connectivity index is 4.09. The molecule has 1 unspecified atom stereocenters. The van der Waals surface area contributed by atoms with Crippen molar-refractivity contribution in [1.29, 1.82) is 0 Å². The Morgan fingerprint density at radius 2 is 1.22 bits per heavy atom. The lowest BCUT2D eigenvalue weighted by Gasteiger charge is -2.24. The van der Waals surface area contributed by atoms with Crippen LogP contribution >= 0.6 is 8.03 Å². The van der Waals surface area contributed by atoms with E-state index in [1.165, 1.54) is 25.7 Å². The summed E-state index contributed by atoms with van der Waals surface area (Å²) in [5.41, 5.74) is 0. The number of hydrogen-bond donors (Lipinski definition) is 0. The molecule has 0 fully saturated rings. The molecule has 0 saturated carbocycles. The molecule has 0 spiro atoms. The minimum absolute atomic E-state index is 0.569. The molecule has 5 heteroatoms. The number of hydrogen-bond acceptors (Lipinski definition) is 4. The third-order valence-electron chi connectivity index (χ3n) is 3.69. The first-order valence-electron chi connectivity index (χ1n) is 9.49. The number of ether oxygens (including phenoxy) is 2. The summed E-state index contributed by atoms with van der Waals surface area (Å²) >= 11 is 0. The van der Waals surface area contributed by atoms with Crippen LogP contribution in [0.15, 0.2) is 0 Å². The summed E-state index contributed by atoms with van der Waals surface area (Å²) in [5, 5.41) is 0. The van der Waals surface area contributed by atoms with E-state index in [4.69, 9.17) is 14.0 Å². The molecule has 0 saturated heterocycles. The van der Waals surface area contributed by atoms with Crippen LogP contribution in [0.25, 0.3) is 0 Å². The molecule has 138 valence electrons. The molecule has 0 heterocycles. The first-order valence-corrected chi connectivity index (χ1v) is 10.9. The van der Waals surface area contributed by atoms with E-state index >= 15 is 0 Å². The van der Waals surface area contributed by atoms with Crippen LogP contribution in [0, 0.1) is 0 Å². The van der Waals surface area contributed by atoms with Gasteiger partial charge < -0.3 is 9.47 Å². The SMILES string of the molecule is CCCCCCCC[P+](=O)OC(C)(OCCCC)OCCCC. The normalized spacial score (nSPS) is 12.6. The zero-order chi connectivity index (χ0) is 17.4. The second-order valence-electron chi connectivity index (χ2n) is 6.18. The van der Waals surface area contributed by atoms with Crippen molar-refractivity contribution in [3.63, 3.8) is 0 Å². The summed E-state index contributed by atoms with van der Waals surface area (Å²) in [5.74, 6) is -1.17. The molecular formula is C18H38O4P+. The molecule has 0 rings (SSSR count). The molecule has 23 heavy (non-hydrogen) atoms. The lowest BCUT2D eigenvalue weighted by Crippen LogP contribution is -2.34. The van der Waals surface area contributed by atoms with E-state index in [9.17, 15) is 4.57 Å². The number of rotatable bonds is 17. The summed E-state index contributed by atoms with van der Waals surface area (Å²) in [6.45, 7) is 9.31. The maximum Gasteiger partial charge on any atom is 0.513 e. The highest BCUT2D eigenvalue weighted by atomic mass is 31.1. The summed E-state index contributed by atoms with van der Waals surface area (Å²) in [6.07, 6.45) is 11.7. The van der Waals surface area contributed by atoms with Gasteiger partial charge in [0.05, 0.1) is 13.2 Å². The summed E-state index contributed by atoms with van der Waals surface area (Å²) in [4.78, 5) is 0. The van der Waals surface area contributed by atoms with Gasteiger partial charge in [0.15, 0.2) is 6.16 Å². The van der Waals surface area contributed by atoms with Gasteiger partial charge in [0.1, 0.15) is 0 Å². The fourth-order valence-electron chi connectivity index (χ4n) is 2.15. The molecule has 1 atom stereocenters. The van der Waals surface area contributed by atoms with Crippen LogP contribution < -0.4 is 0 Å². The molecule has 0 aliphatic carbocycles. The molecule has 0 aromatic heterocycles. The molecule has 4 nitrogen and oxygen atoms in total. The Morgan fingerprint density at radius 3 is 1.74 bits per heavy atom. The zero-order valence-electron chi connectivity index (χ0n) is 15.8. The first kappa shape index (κ1) is 23.0. The average molecular weight is 349 g/mol. The molecular weight excluding hydrogens is 311 g/mol. The average Bonchev–Trinajstić information content (AvgIpc) is 2.51. The maximum atomic E-state index is 12.2. The van der Waals surface area contributed by atoms with Gasteiger partial charge in [-0.2, -0.15) is 0 Å². The van der Waals surface area contributed by atoms with Crippen molar-refractivity contribution >= 4 is 8.03 Å². The van der Waals surface area contributed by atoms with Gasteiger partial charge in [-0.15, -0.1) is 0 Å². The molecule has 0 aliphatic rings. The van der Waals surface area contributed by atoms with Crippen LogP contribution in [-0.2, 0) is 18.6 Å². The van der Waals surface area contributed by atoms with Crippen molar-refractivity contribution < 1.29 is 18.6 Å². The monoisotopic (exact) mass is 349 g/mol. The van der Waals surface area contributed by atoms with Crippen LogP contribution in [0.2, 0.25) is 0 Å². The third-order valence-corrected chi connectivity index (χ3v) is 4.90. The van der Waals surface area contributed by atoms with Crippen molar-refractivity contribution in [2.45, 2.75) is 97.9 Å². The summed E-state index contributed by atoms with van der Waals surface area (Å²) < 4.78 is 29.2. The Bertz CT molecular complexity index is 274. The summed E-state index contributed by atoms with van der Waals surface area (Å²) in [7, 11) is -1.73. The highest BCUT2D eigenvalue weighted by molar-refractivity contribution is 7.39. The van der Waals surface area contributed by atoms with Gasteiger partial charge in [0.25, 0.3) is 0 Å². The van der Waals surface area contributed by atoms with Gasteiger partial charge in [-0.3, -0.25) is 0 Å². The first-order chi connectivity index (χ1) is 11.1. The van der Waals surface area contributed by atoms with Crippen molar-refractivity contribution in [3.8, 4) is 0 Å². The molecule has 0 bridgehead atoms. The van der Waals surface area contributed by atoms with Crippen LogP contribution in [0.4, 0.5) is 0 Å². The quantitative estimate of drug-likeness (QED) is 0.173. The predicted octanol–water partition coefficient (Wildman–Crippen LogP) is 6.41. The van der Waals surface area contributed by atoms with E-state index in [2.05, 4.69) is 20.8 Å². The smallest absolute Gasteiger partial charge is 0.325 e. The van der Waals surface area contributed by atoms with Gasteiger partial charge in [0, 0.05) is 6.92 Å². The fourth-order valence-corrected chi connectivity index (χ4v) is 3.20. The fraction of sp³-hybridized carbons (Fsp3) is 1.00. The van der Waals surface area contributed by atoms with Gasteiger partial charge in [-0.1, -0.05) is 63.8 Å². The Kier molecular flexibility index (Phi) is 15.5. The van der Waals surface area contributed by atoms with Crippen LogP contribution in [0.1, 0.15) is 91.9 Å². The molecule has 0 radical (unpaired) electrons. The van der Waals surface area contributed by atoms with Gasteiger partial charge >= 0.3 is 14.0 Å². The molecule has 0 amide bonds. The van der Waals surface area contributed by atoms with Crippen molar-refractivity contribution in [1.82, 2.24) is 0 Å². The van der Waals surface area contributed by atoms with E-state index in [0.29, 0.717) is 19.4 Å². The van der Waals surface area contributed by atoms with E-state index in [1.54, 1.807) is 6.92 Å². The second-order valence-corrected chi connectivity index (χ2v) is 7.48. The van der Waals surface area contributed by atoms with Crippen LogP contribution in [0.5, 0.6) is 0 Å². The highest BCUT2D eigenvalue weighted by Crippen LogP contribution is 2.33. The zero-order valence-corrected chi connectivity index (χ0v) is 16.7. The van der Waals surface area contributed by atoms with Crippen LogP contribution in [0.3, 0.4) is 0 Å². The van der Waals surface area contributed by atoms with Crippen LogP contribution in [-0.4, -0.2) is 25.3 Å². The van der Waals surface area contributed by atoms with E-state index in [-0.39, 0.29) is 0 Å². The Labute approximate surface area is 144 Å². The van der Waals surface area contributed by atoms with Crippen molar-refractivity contribution in [2.75, 3.05) is 19.4 Å². The molecule has 0 N–H and O–H groups in total. The Hall–Kier alpha value is -0.0200. The van der Waals surface area contributed by atoms with E-state index in [1.807, 2.05) is 0 Å². The van der Waals surface area contributed by atoms with Gasteiger partial charge in [0.2, 0.25) is 0 Å². The highest BCUT2D eigenvalue weighted by Gasteiger charge is 2.37. The second kappa shape index (κ2) is 15.5. The number of unbranched alkanes of at least 4 members (excludes halogenated alkanes) is 7. The standard InChI is InChI=1S/C18H38O4P/c1-5-8-11-12-13-14-17-23(19)22-18(4,20-15-9-6-2)21-16-10-7-3/h5-17H2,1-4H3/q+1. The lowest BCUT2D eigenvalue weighted by atomic mass is 10.1. The molecule has 0 aliphatic heterocycles. The van der Waals surface area contributed by atoms with Crippen molar-refractivity contribution in [3.05, 3.63) is 0 Å². The largest absolute Gasteiger partial charge is 0.513 e. The molecule has 0 aromatic rings. The van der Waals surface area contributed by atoms with E-state index in [0.717, 1.165) is 38.5 Å². The lowest BCUT2D eigenvalue weighted by molar-refractivity contribution is -0.331. The molecule has 0 aromatic carbocycles. The minimum Gasteiger partial charge on any atom is -0.325 e. The summed E-state index contributed by atoms with van der Waals surface area (Å²) in [6, 6.07) is 0.